The van der Waals surface area contributed by atoms with Crippen LogP contribution in [0, 0.1) is 6.92 Å². The number of amides is 2. The number of nitrogens with one attached hydrogen (secondary N) is 1. The molecule has 1 N–H and O–H groups in total. The van der Waals surface area contributed by atoms with Gasteiger partial charge in [0.25, 0.3) is 5.91 Å². The van der Waals surface area contributed by atoms with Gasteiger partial charge >= 0.3 is 0 Å². The molecule has 0 bridgehead atoms. The maximum Gasteiger partial charge on any atom is 0.254 e. The summed E-state index contributed by atoms with van der Waals surface area (Å²) in [5.41, 5.74) is 2.48. The van der Waals surface area contributed by atoms with Crippen molar-refractivity contribution in [1.29, 1.82) is 0 Å². The van der Waals surface area contributed by atoms with Crippen LogP contribution in [-0.2, 0) is 9.59 Å². The van der Waals surface area contributed by atoms with E-state index in [9.17, 15) is 9.59 Å². The Bertz CT molecular complexity index is 838. The average molecular weight is 373 g/mol. The van der Waals surface area contributed by atoms with Crippen molar-refractivity contribution in [3.8, 4) is 5.75 Å². The number of nitrogens with zero attached hydrogens (tertiary/aromatic N) is 1. The first kappa shape index (κ1) is 18.3. The first-order valence-electron chi connectivity index (χ1n) is 8.54. The number of carbonyl (C=O) groups excluding carboxylic acids is 2. The highest BCUT2D eigenvalue weighted by Crippen LogP contribution is 2.41. The average Bonchev–Trinajstić information content (AvgIpc) is 2.86. The van der Waals surface area contributed by atoms with E-state index < -0.39 is 6.04 Å². The van der Waals surface area contributed by atoms with Crippen LogP contribution in [0.1, 0.15) is 30.5 Å². The summed E-state index contributed by atoms with van der Waals surface area (Å²) in [6, 6.07) is 12.5. The van der Waals surface area contributed by atoms with Crippen molar-refractivity contribution in [3.05, 3.63) is 58.6 Å². The minimum atomic E-state index is -0.682. The Morgan fingerprint density at radius 1 is 1.23 bits per heavy atom. The third kappa shape index (κ3) is 3.68. The molecular formula is C20H21ClN2O3. The monoisotopic (exact) mass is 372 g/mol. The van der Waals surface area contributed by atoms with Gasteiger partial charge in [0.2, 0.25) is 5.91 Å². The number of aryl methyl sites for hydroxylation is 1. The van der Waals surface area contributed by atoms with Crippen molar-refractivity contribution in [2.24, 2.45) is 0 Å². The number of carbonyl (C=O) groups is 2. The molecule has 136 valence electrons. The molecule has 6 heteroatoms. The normalized spacial score (nSPS) is 15.7. The van der Waals surface area contributed by atoms with Gasteiger partial charge in [0, 0.05) is 19.0 Å². The van der Waals surface area contributed by atoms with Crippen LogP contribution in [0.15, 0.2) is 42.5 Å². The summed E-state index contributed by atoms with van der Waals surface area (Å²) in [4.78, 5) is 25.9. The van der Waals surface area contributed by atoms with Crippen molar-refractivity contribution in [3.63, 3.8) is 0 Å². The summed E-state index contributed by atoms with van der Waals surface area (Å²) in [5.74, 6) is 0.424. The third-order valence-corrected chi connectivity index (χ3v) is 4.64. The van der Waals surface area contributed by atoms with Crippen molar-refractivity contribution >= 4 is 29.1 Å². The minimum absolute atomic E-state index is 0.167. The summed E-state index contributed by atoms with van der Waals surface area (Å²) >= 11 is 6.32. The predicted molar refractivity (Wildman–Crippen MR) is 102 cm³/mol. The molecule has 0 spiro atoms. The number of benzene rings is 2. The molecule has 0 aromatic heterocycles. The van der Waals surface area contributed by atoms with E-state index in [2.05, 4.69) is 5.32 Å². The van der Waals surface area contributed by atoms with E-state index in [1.807, 2.05) is 37.3 Å². The van der Waals surface area contributed by atoms with Crippen LogP contribution in [0.2, 0.25) is 5.02 Å². The maximum atomic E-state index is 12.8. The van der Waals surface area contributed by atoms with Crippen LogP contribution >= 0.6 is 11.6 Å². The highest BCUT2D eigenvalue weighted by molar-refractivity contribution is 6.34. The summed E-state index contributed by atoms with van der Waals surface area (Å²) < 4.78 is 5.80. The van der Waals surface area contributed by atoms with Crippen LogP contribution in [-0.4, -0.2) is 25.0 Å². The molecule has 2 aromatic rings. The van der Waals surface area contributed by atoms with Gasteiger partial charge in [-0.25, -0.2) is 0 Å². The highest BCUT2D eigenvalue weighted by atomic mass is 35.5. The fourth-order valence-electron chi connectivity index (χ4n) is 3.14. The lowest BCUT2D eigenvalue weighted by molar-refractivity contribution is -0.126. The Hall–Kier alpha value is -2.53. The largest absolute Gasteiger partial charge is 0.493 e. The molecule has 1 atom stereocenters. The zero-order valence-electron chi connectivity index (χ0n) is 14.8. The number of fused-ring (bicyclic) bond motifs is 1. The minimum Gasteiger partial charge on any atom is -0.493 e. The lowest BCUT2D eigenvalue weighted by Crippen LogP contribution is -2.37. The van der Waals surface area contributed by atoms with Crippen molar-refractivity contribution in [2.75, 3.05) is 18.1 Å². The third-order valence-electron chi connectivity index (χ3n) is 4.34. The van der Waals surface area contributed by atoms with E-state index in [-0.39, 0.29) is 11.8 Å². The number of ether oxygens (including phenoxy) is 1. The van der Waals surface area contributed by atoms with E-state index in [4.69, 9.17) is 16.3 Å². The van der Waals surface area contributed by atoms with Crippen molar-refractivity contribution in [2.45, 2.75) is 26.3 Å². The number of halogens is 1. The fraction of sp³-hybridized carbons (Fsp3) is 0.300. The first-order chi connectivity index (χ1) is 12.5. The zero-order chi connectivity index (χ0) is 18.7. The molecule has 5 nitrogen and oxygen atoms in total. The van der Waals surface area contributed by atoms with Gasteiger partial charge in [-0.1, -0.05) is 41.9 Å². The molecule has 3 rings (SSSR count). The van der Waals surface area contributed by atoms with Gasteiger partial charge in [0.1, 0.15) is 11.8 Å². The van der Waals surface area contributed by atoms with Crippen LogP contribution in [0.5, 0.6) is 5.75 Å². The second-order valence-electron chi connectivity index (χ2n) is 6.27. The van der Waals surface area contributed by atoms with E-state index in [0.29, 0.717) is 30.3 Å². The zero-order valence-corrected chi connectivity index (χ0v) is 15.5. The molecule has 2 aromatic carbocycles. The molecule has 0 saturated carbocycles. The Morgan fingerprint density at radius 2 is 2.00 bits per heavy atom. The van der Waals surface area contributed by atoms with Gasteiger partial charge in [-0.15, -0.1) is 0 Å². The second kappa shape index (κ2) is 7.79. The summed E-state index contributed by atoms with van der Waals surface area (Å²) in [7, 11) is 0. The molecule has 2 amide bonds. The Morgan fingerprint density at radius 3 is 2.73 bits per heavy atom. The van der Waals surface area contributed by atoms with Crippen molar-refractivity contribution < 1.29 is 14.3 Å². The van der Waals surface area contributed by atoms with Crippen LogP contribution in [0.4, 0.5) is 5.69 Å². The smallest absolute Gasteiger partial charge is 0.254 e. The summed E-state index contributed by atoms with van der Waals surface area (Å²) in [5, 5.41) is 3.21. The van der Waals surface area contributed by atoms with Crippen LogP contribution in [0.3, 0.4) is 0 Å². The van der Waals surface area contributed by atoms with E-state index in [1.54, 1.807) is 17.0 Å². The lowest BCUT2D eigenvalue weighted by atomic mass is 10.1. The number of hydrogen-bond acceptors (Lipinski definition) is 3. The molecular weight excluding hydrogens is 352 g/mol. The molecule has 1 aliphatic heterocycles. The molecule has 0 fully saturated rings. The fourth-order valence-corrected chi connectivity index (χ4v) is 3.42. The lowest BCUT2D eigenvalue weighted by Gasteiger charge is -2.19. The summed E-state index contributed by atoms with van der Waals surface area (Å²) in [6.07, 6.45) is 0.650. The predicted octanol–water partition coefficient (Wildman–Crippen LogP) is 3.64. The van der Waals surface area contributed by atoms with Gasteiger partial charge in [0.15, 0.2) is 0 Å². The maximum absolute atomic E-state index is 12.8. The number of para-hydroxylation sites is 2. The SMILES string of the molecule is CC(=O)N[C@H]1C(=O)N(CCCOc2ccccc2C)c2c(Cl)cccc21. The van der Waals surface area contributed by atoms with E-state index >= 15 is 0 Å². The highest BCUT2D eigenvalue weighted by Gasteiger charge is 2.38. The van der Waals surface area contributed by atoms with Gasteiger partial charge in [-0.2, -0.15) is 0 Å². The molecule has 1 heterocycles. The van der Waals surface area contributed by atoms with Crippen LogP contribution in [0.25, 0.3) is 0 Å². The molecule has 0 saturated heterocycles. The van der Waals surface area contributed by atoms with Gasteiger partial charge in [-0.05, 0) is 31.0 Å². The standard InChI is InChI=1S/C20H21ClN2O3/c1-13-7-3-4-10-17(13)26-12-6-11-23-19-15(8-5-9-16(19)21)18(20(23)25)22-14(2)24/h3-5,7-10,18H,6,11-12H2,1-2H3,(H,22,24)/t18-/m1/s1. The van der Waals surface area contributed by atoms with Gasteiger partial charge in [0.05, 0.1) is 17.3 Å². The van der Waals surface area contributed by atoms with Gasteiger partial charge in [-0.3, -0.25) is 9.59 Å². The molecule has 0 unspecified atom stereocenters. The topological polar surface area (TPSA) is 58.6 Å². The molecule has 1 aliphatic rings. The number of anilines is 1. The summed E-state index contributed by atoms with van der Waals surface area (Å²) in [6.45, 7) is 4.35. The Labute approximate surface area is 157 Å². The van der Waals surface area contributed by atoms with E-state index in [0.717, 1.165) is 16.9 Å². The first-order valence-corrected chi connectivity index (χ1v) is 8.92. The quantitative estimate of drug-likeness (QED) is 0.787. The molecule has 26 heavy (non-hydrogen) atoms. The van der Waals surface area contributed by atoms with E-state index in [1.165, 1.54) is 6.92 Å². The molecule has 0 radical (unpaired) electrons. The Balaban J connectivity index is 1.69. The van der Waals surface area contributed by atoms with Crippen LogP contribution < -0.4 is 15.0 Å². The number of hydrogen-bond donors (Lipinski definition) is 1. The second-order valence-corrected chi connectivity index (χ2v) is 6.68. The Kier molecular flexibility index (Phi) is 5.47. The van der Waals surface area contributed by atoms with Gasteiger partial charge < -0.3 is 15.0 Å². The number of rotatable bonds is 6. The molecule has 0 aliphatic carbocycles. The van der Waals surface area contributed by atoms with Crippen molar-refractivity contribution in [1.82, 2.24) is 5.32 Å².